The number of carboxylic acids is 1. The molecule has 0 saturated heterocycles. The van der Waals surface area contributed by atoms with Gasteiger partial charge in [-0.3, -0.25) is 9.59 Å². The quantitative estimate of drug-likeness (QED) is 0.920. The Morgan fingerprint density at radius 3 is 2.67 bits per heavy atom. The van der Waals surface area contributed by atoms with Crippen LogP contribution in [0, 0.1) is 12.7 Å². The molecule has 0 unspecified atom stereocenters. The Morgan fingerprint density at radius 2 is 2.10 bits per heavy atom. The number of nitrogens with zero attached hydrogens (tertiary/aromatic N) is 1. The summed E-state index contributed by atoms with van der Waals surface area (Å²) in [6.45, 7) is 3.38. The second-order valence-electron chi connectivity index (χ2n) is 4.79. The van der Waals surface area contributed by atoms with E-state index in [4.69, 9.17) is 9.52 Å². The monoisotopic (exact) mass is 293 g/mol. The summed E-state index contributed by atoms with van der Waals surface area (Å²) in [7, 11) is 0. The number of rotatable bonds is 5. The Hall–Kier alpha value is -2.37. The highest BCUT2D eigenvalue weighted by Crippen LogP contribution is 2.28. The van der Waals surface area contributed by atoms with Crippen molar-refractivity contribution in [3.8, 4) is 0 Å². The van der Waals surface area contributed by atoms with Gasteiger partial charge in [0.05, 0.1) is 0 Å². The van der Waals surface area contributed by atoms with Crippen molar-refractivity contribution in [1.82, 2.24) is 4.90 Å². The van der Waals surface area contributed by atoms with Gasteiger partial charge in [0.1, 0.15) is 6.54 Å². The van der Waals surface area contributed by atoms with E-state index in [1.165, 1.54) is 17.0 Å². The van der Waals surface area contributed by atoms with Gasteiger partial charge in [0.25, 0.3) is 5.91 Å². The Kier molecular flexibility index (Phi) is 4.26. The first kappa shape index (κ1) is 15.0. The molecule has 0 saturated carbocycles. The summed E-state index contributed by atoms with van der Waals surface area (Å²) in [4.78, 5) is 24.5. The number of fused-ring (bicyclic) bond motifs is 1. The van der Waals surface area contributed by atoms with E-state index in [2.05, 4.69) is 0 Å². The lowest BCUT2D eigenvalue weighted by Crippen LogP contribution is -2.36. The standard InChI is InChI=1S/C15H16FNO4/c1-3-7-17(8-12(18)19)15(20)13-9(2)10-5-4-6-11(16)14(10)21-13/h4-6H,3,7-8H2,1-2H3,(H,18,19). The van der Waals surface area contributed by atoms with Crippen molar-refractivity contribution in [3.63, 3.8) is 0 Å². The molecule has 0 radical (unpaired) electrons. The molecule has 2 aromatic rings. The van der Waals surface area contributed by atoms with Crippen molar-refractivity contribution >= 4 is 22.8 Å². The topological polar surface area (TPSA) is 70.8 Å². The zero-order valence-electron chi connectivity index (χ0n) is 11.9. The first-order chi connectivity index (χ1) is 9.95. The zero-order chi connectivity index (χ0) is 15.6. The number of hydrogen-bond donors (Lipinski definition) is 1. The van der Waals surface area contributed by atoms with Crippen molar-refractivity contribution in [2.75, 3.05) is 13.1 Å². The molecule has 112 valence electrons. The van der Waals surface area contributed by atoms with E-state index in [1.54, 1.807) is 13.0 Å². The first-order valence-corrected chi connectivity index (χ1v) is 6.64. The summed E-state index contributed by atoms with van der Waals surface area (Å²) in [5, 5.41) is 9.39. The second-order valence-corrected chi connectivity index (χ2v) is 4.79. The number of carboxylic acid groups (broad SMARTS) is 1. The zero-order valence-corrected chi connectivity index (χ0v) is 11.9. The van der Waals surface area contributed by atoms with Crippen LogP contribution in [0.1, 0.15) is 29.5 Å². The minimum atomic E-state index is -1.10. The van der Waals surface area contributed by atoms with Gasteiger partial charge in [0.15, 0.2) is 17.2 Å². The van der Waals surface area contributed by atoms with Crippen LogP contribution < -0.4 is 0 Å². The number of benzene rings is 1. The highest BCUT2D eigenvalue weighted by molar-refractivity contribution is 6.00. The molecule has 1 N–H and O–H groups in total. The SMILES string of the molecule is CCCN(CC(=O)O)C(=O)c1oc2c(F)cccc2c1C. The van der Waals surface area contributed by atoms with E-state index in [-0.39, 0.29) is 11.3 Å². The number of carbonyl (C=O) groups is 2. The summed E-state index contributed by atoms with van der Waals surface area (Å²) in [6, 6.07) is 4.45. The molecule has 0 bridgehead atoms. The minimum absolute atomic E-state index is 0.00944. The summed E-state index contributed by atoms with van der Waals surface area (Å²) in [6.07, 6.45) is 0.618. The third kappa shape index (κ3) is 2.89. The first-order valence-electron chi connectivity index (χ1n) is 6.64. The highest BCUT2D eigenvalue weighted by atomic mass is 19.1. The molecule has 0 atom stereocenters. The van der Waals surface area contributed by atoms with E-state index < -0.39 is 24.2 Å². The summed E-state index contributed by atoms with van der Waals surface area (Å²) < 4.78 is 19.0. The summed E-state index contributed by atoms with van der Waals surface area (Å²) in [5.74, 6) is -2.19. The van der Waals surface area contributed by atoms with Crippen molar-refractivity contribution in [1.29, 1.82) is 0 Å². The highest BCUT2D eigenvalue weighted by Gasteiger charge is 2.25. The molecule has 0 spiro atoms. The third-order valence-corrected chi connectivity index (χ3v) is 3.22. The van der Waals surface area contributed by atoms with Crippen LogP contribution in [0.3, 0.4) is 0 Å². The number of halogens is 1. The molecular weight excluding hydrogens is 277 g/mol. The number of carbonyl (C=O) groups excluding carboxylic acids is 1. The molecule has 0 aliphatic heterocycles. The lowest BCUT2D eigenvalue weighted by atomic mass is 10.1. The van der Waals surface area contributed by atoms with Crippen LogP contribution >= 0.6 is 0 Å². The predicted molar refractivity (Wildman–Crippen MR) is 74.7 cm³/mol. The number of para-hydroxylation sites is 1. The molecule has 21 heavy (non-hydrogen) atoms. The smallest absolute Gasteiger partial charge is 0.323 e. The molecule has 5 nitrogen and oxygen atoms in total. The number of amides is 1. The molecule has 0 fully saturated rings. The molecule has 1 aromatic carbocycles. The van der Waals surface area contributed by atoms with Gasteiger partial charge in [-0.15, -0.1) is 0 Å². The molecule has 6 heteroatoms. The lowest BCUT2D eigenvalue weighted by Gasteiger charge is -2.18. The summed E-state index contributed by atoms with van der Waals surface area (Å²) in [5.41, 5.74) is 0.533. The van der Waals surface area contributed by atoms with E-state index >= 15 is 0 Å². The average Bonchev–Trinajstić information content (AvgIpc) is 2.76. The summed E-state index contributed by atoms with van der Waals surface area (Å²) >= 11 is 0. The minimum Gasteiger partial charge on any atom is -0.480 e. The molecular formula is C15H16FNO4. The molecule has 1 aromatic heterocycles. The van der Waals surface area contributed by atoms with E-state index in [1.807, 2.05) is 6.92 Å². The third-order valence-electron chi connectivity index (χ3n) is 3.22. The van der Waals surface area contributed by atoms with E-state index in [0.29, 0.717) is 23.9 Å². The number of hydrogen-bond acceptors (Lipinski definition) is 3. The number of aliphatic carboxylic acids is 1. The van der Waals surface area contributed by atoms with Crippen molar-refractivity contribution < 1.29 is 23.5 Å². The fourth-order valence-electron chi connectivity index (χ4n) is 2.24. The van der Waals surface area contributed by atoms with Crippen molar-refractivity contribution in [2.24, 2.45) is 0 Å². The van der Waals surface area contributed by atoms with Gasteiger partial charge >= 0.3 is 5.97 Å². The normalized spacial score (nSPS) is 10.8. The maximum absolute atomic E-state index is 13.7. The van der Waals surface area contributed by atoms with Gasteiger partial charge in [0, 0.05) is 17.5 Å². The average molecular weight is 293 g/mol. The van der Waals surface area contributed by atoms with Crippen LogP contribution in [0.15, 0.2) is 22.6 Å². The number of furan rings is 1. The second kappa shape index (κ2) is 5.95. The Morgan fingerprint density at radius 1 is 1.38 bits per heavy atom. The Bertz CT molecular complexity index is 692. The van der Waals surface area contributed by atoms with Gasteiger partial charge in [-0.2, -0.15) is 0 Å². The largest absolute Gasteiger partial charge is 0.480 e. The molecule has 0 aliphatic rings. The maximum atomic E-state index is 13.7. The lowest BCUT2D eigenvalue weighted by molar-refractivity contribution is -0.137. The maximum Gasteiger partial charge on any atom is 0.323 e. The Labute approximate surface area is 121 Å². The van der Waals surface area contributed by atoms with Crippen molar-refractivity contribution in [2.45, 2.75) is 20.3 Å². The van der Waals surface area contributed by atoms with Gasteiger partial charge in [0.2, 0.25) is 0 Å². The molecule has 1 heterocycles. The van der Waals surface area contributed by atoms with Gasteiger partial charge in [-0.25, -0.2) is 4.39 Å². The molecule has 1 amide bonds. The fraction of sp³-hybridized carbons (Fsp3) is 0.333. The van der Waals surface area contributed by atoms with Crippen LogP contribution in [0.2, 0.25) is 0 Å². The van der Waals surface area contributed by atoms with Crippen molar-refractivity contribution in [3.05, 3.63) is 35.3 Å². The van der Waals surface area contributed by atoms with Crippen LogP contribution in [-0.4, -0.2) is 35.0 Å². The van der Waals surface area contributed by atoms with Gasteiger partial charge < -0.3 is 14.4 Å². The molecule has 0 aliphatic carbocycles. The van der Waals surface area contributed by atoms with Crippen LogP contribution in [0.5, 0.6) is 0 Å². The van der Waals surface area contributed by atoms with Crippen LogP contribution in [0.4, 0.5) is 4.39 Å². The predicted octanol–water partition coefficient (Wildman–Crippen LogP) is 2.82. The Balaban J connectivity index is 2.44. The van der Waals surface area contributed by atoms with Gasteiger partial charge in [-0.05, 0) is 19.4 Å². The van der Waals surface area contributed by atoms with E-state index in [9.17, 15) is 14.0 Å². The van der Waals surface area contributed by atoms with E-state index in [0.717, 1.165) is 0 Å². The van der Waals surface area contributed by atoms with Crippen LogP contribution in [0.25, 0.3) is 11.0 Å². The molecule has 2 rings (SSSR count). The fourth-order valence-corrected chi connectivity index (χ4v) is 2.24. The number of aryl methyl sites for hydroxylation is 1. The van der Waals surface area contributed by atoms with Gasteiger partial charge in [-0.1, -0.05) is 19.1 Å². The van der Waals surface area contributed by atoms with Crippen LogP contribution in [-0.2, 0) is 4.79 Å².